The normalized spacial score (nSPS) is 20.4. The van der Waals surface area contributed by atoms with Crippen molar-refractivity contribution in [2.45, 2.75) is 26.4 Å². The zero-order chi connectivity index (χ0) is 20.4. The van der Waals surface area contributed by atoms with E-state index < -0.39 is 11.3 Å². The fourth-order valence-corrected chi connectivity index (χ4v) is 4.01. The van der Waals surface area contributed by atoms with Gasteiger partial charge >= 0.3 is 0 Å². The largest absolute Gasteiger partial charge is 0.489 e. The number of aryl methyl sites for hydroxylation is 1. The van der Waals surface area contributed by atoms with Crippen molar-refractivity contribution >= 4 is 16.8 Å². The maximum Gasteiger partial charge on any atom is 0.247 e. The van der Waals surface area contributed by atoms with Crippen LogP contribution >= 0.6 is 0 Å². The molecule has 0 spiro atoms. The lowest BCUT2D eigenvalue weighted by atomic mass is 9.94. The first-order valence-corrected chi connectivity index (χ1v) is 9.66. The number of hydrogen-bond donors (Lipinski definition) is 3. The lowest BCUT2D eigenvalue weighted by molar-refractivity contribution is -0.131. The van der Waals surface area contributed by atoms with Crippen LogP contribution in [0.1, 0.15) is 23.2 Å². The third-order valence-electron chi connectivity index (χ3n) is 5.74. The van der Waals surface area contributed by atoms with Gasteiger partial charge in [-0.25, -0.2) is 5.48 Å². The van der Waals surface area contributed by atoms with Crippen molar-refractivity contribution in [3.63, 3.8) is 0 Å². The highest BCUT2D eigenvalue weighted by molar-refractivity contribution is 5.82. The Morgan fingerprint density at radius 3 is 2.72 bits per heavy atom. The summed E-state index contributed by atoms with van der Waals surface area (Å²) in [6.45, 7) is 2.34. The number of carbonyl (C=O) groups is 1. The van der Waals surface area contributed by atoms with Gasteiger partial charge < -0.3 is 9.84 Å². The summed E-state index contributed by atoms with van der Waals surface area (Å²) in [7, 11) is 0. The molecule has 0 bridgehead atoms. The van der Waals surface area contributed by atoms with Gasteiger partial charge in [0.1, 0.15) is 12.4 Å². The molecule has 0 radical (unpaired) electrons. The average Bonchev–Trinajstić information content (AvgIpc) is 3.46. The number of amides is 1. The first-order valence-electron chi connectivity index (χ1n) is 9.66. The molecule has 4 rings (SSSR count). The van der Waals surface area contributed by atoms with Crippen LogP contribution in [0.4, 0.5) is 0 Å². The van der Waals surface area contributed by atoms with E-state index in [9.17, 15) is 9.90 Å². The van der Waals surface area contributed by atoms with Gasteiger partial charge in [0, 0.05) is 34.6 Å². The molecule has 1 aliphatic rings. The first-order chi connectivity index (χ1) is 14.0. The maximum absolute atomic E-state index is 11.6. The SMILES string of the molecule is Cc1cc(COc2ccc(C[C@]3(CO)CC3C(=O)NO)cc2)c2ccccc2n1. The van der Waals surface area contributed by atoms with E-state index >= 15 is 0 Å². The van der Waals surface area contributed by atoms with E-state index in [2.05, 4.69) is 4.98 Å². The Hall–Kier alpha value is -2.96. The molecule has 1 aliphatic carbocycles. The first kappa shape index (κ1) is 19.4. The molecule has 0 saturated heterocycles. The summed E-state index contributed by atoms with van der Waals surface area (Å²) < 4.78 is 5.98. The van der Waals surface area contributed by atoms with E-state index in [-0.39, 0.29) is 12.5 Å². The highest BCUT2D eigenvalue weighted by Crippen LogP contribution is 2.54. The van der Waals surface area contributed by atoms with Crippen molar-refractivity contribution < 1.29 is 19.8 Å². The van der Waals surface area contributed by atoms with Crippen LogP contribution in [0.2, 0.25) is 0 Å². The van der Waals surface area contributed by atoms with E-state index in [0.29, 0.717) is 19.4 Å². The van der Waals surface area contributed by atoms with Gasteiger partial charge in [-0.1, -0.05) is 30.3 Å². The fraction of sp³-hybridized carbons (Fsp3) is 0.304. The Kier molecular flexibility index (Phi) is 5.22. The van der Waals surface area contributed by atoms with E-state index in [1.807, 2.05) is 61.5 Å². The van der Waals surface area contributed by atoms with E-state index in [0.717, 1.165) is 33.5 Å². The highest BCUT2D eigenvalue weighted by atomic mass is 16.5. The molecule has 1 amide bonds. The average molecular weight is 392 g/mol. The van der Waals surface area contributed by atoms with Crippen LogP contribution in [0.25, 0.3) is 10.9 Å². The molecule has 1 unspecified atom stereocenters. The number of benzene rings is 2. The van der Waals surface area contributed by atoms with E-state index in [1.54, 1.807) is 5.48 Å². The summed E-state index contributed by atoms with van der Waals surface area (Å²) in [4.78, 5) is 16.2. The number of nitrogens with zero attached hydrogens (tertiary/aromatic N) is 1. The second kappa shape index (κ2) is 7.81. The van der Waals surface area contributed by atoms with Crippen molar-refractivity contribution in [1.82, 2.24) is 10.5 Å². The molecule has 6 nitrogen and oxygen atoms in total. The molecule has 3 N–H and O–H groups in total. The van der Waals surface area contributed by atoms with Crippen LogP contribution in [-0.2, 0) is 17.8 Å². The second-order valence-electron chi connectivity index (χ2n) is 7.80. The van der Waals surface area contributed by atoms with Crippen LogP contribution < -0.4 is 10.2 Å². The molecule has 1 saturated carbocycles. The molecule has 0 aliphatic heterocycles. The molecular weight excluding hydrogens is 368 g/mol. The standard InChI is InChI=1S/C23H24N2O4/c1-15-10-17(19-4-2-3-5-21(19)24-15)13-29-18-8-6-16(7-9-18)11-23(14-26)12-20(23)22(27)25-28/h2-10,20,26,28H,11-14H2,1H3,(H,25,27)/t20?,23-/m1/s1. The number of hydroxylamine groups is 1. The minimum Gasteiger partial charge on any atom is -0.489 e. The van der Waals surface area contributed by atoms with Crippen molar-refractivity contribution in [1.29, 1.82) is 0 Å². The number of fused-ring (bicyclic) bond motifs is 1. The number of aromatic nitrogens is 1. The number of rotatable bonds is 7. The molecule has 2 aromatic carbocycles. The van der Waals surface area contributed by atoms with Gasteiger partial charge in [-0.2, -0.15) is 0 Å². The molecule has 6 heteroatoms. The lowest BCUT2D eigenvalue weighted by Crippen LogP contribution is -2.26. The predicted octanol–water partition coefficient (Wildman–Crippen LogP) is 3.17. The number of pyridine rings is 1. The number of ether oxygens (including phenoxy) is 1. The maximum atomic E-state index is 11.6. The van der Waals surface area contributed by atoms with Gasteiger partial charge in [0.05, 0.1) is 5.52 Å². The second-order valence-corrected chi connectivity index (χ2v) is 7.80. The molecule has 29 heavy (non-hydrogen) atoms. The third-order valence-corrected chi connectivity index (χ3v) is 5.74. The number of hydrogen-bond acceptors (Lipinski definition) is 5. The Balaban J connectivity index is 1.43. The monoisotopic (exact) mass is 392 g/mol. The van der Waals surface area contributed by atoms with Gasteiger partial charge in [0.15, 0.2) is 0 Å². The number of carbonyl (C=O) groups excluding carboxylic acids is 1. The minimum atomic E-state index is -0.483. The van der Waals surface area contributed by atoms with Crippen molar-refractivity contribution in [2.75, 3.05) is 6.61 Å². The lowest BCUT2D eigenvalue weighted by Gasteiger charge is -2.14. The molecule has 1 fully saturated rings. The number of para-hydroxylation sites is 1. The van der Waals surface area contributed by atoms with Crippen LogP contribution in [0.5, 0.6) is 5.75 Å². The zero-order valence-electron chi connectivity index (χ0n) is 16.3. The fourth-order valence-electron chi connectivity index (χ4n) is 4.01. The number of nitrogens with one attached hydrogen (secondary N) is 1. The number of aliphatic hydroxyl groups excluding tert-OH is 1. The summed E-state index contributed by atoms with van der Waals surface area (Å²) in [5.41, 5.74) is 5.23. The quantitative estimate of drug-likeness (QED) is 0.424. The zero-order valence-corrected chi connectivity index (χ0v) is 16.3. The molecule has 1 heterocycles. The molecule has 2 atom stereocenters. The van der Waals surface area contributed by atoms with E-state index in [4.69, 9.17) is 9.94 Å². The molecule has 150 valence electrons. The molecular formula is C23H24N2O4. The van der Waals surface area contributed by atoms with Crippen LogP contribution in [-0.4, -0.2) is 27.8 Å². The van der Waals surface area contributed by atoms with Gasteiger partial charge in [0.2, 0.25) is 5.91 Å². The van der Waals surface area contributed by atoms with Crippen molar-refractivity contribution in [3.05, 3.63) is 71.4 Å². The Bertz CT molecular complexity index is 1030. The smallest absolute Gasteiger partial charge is 0.247 e. The Morgan fingerprint density at radius 2 is 2.00 bits per heavy atom. The van der Waals surface area contributed by atoms with Crippen LogP contribution in [0.3, 0.4) is 0 Å². The van der Waals surface area contributed by atoms with Crippen LogP contribution in [0.15, 0.2) is 54.6 Å². The summed E-state index contributed by atoms with van der Waals surface area (Å²) in [6, 6.07) is 17.8. The topological polar surface area (TPSA) is 91.7 Å². The highest BCUT2D eigenvalue weighted by Gasteiger charge is 2.57. The van der Waals surface area contributed by atoms with Gasteiger partial charge in [-0.05, 0) is 49.6 Å². The summed E-state index contributed by atoms with van der Waals surface area (Å²) >= 11 is 0. The summed E-state index contributed by atoms with van der Waals surface area (Å²) in [6.07, 6.45) is 1.15. The Morgan fingerprint density at radius 1 is 1.24 bits per heavy atom. The van der Waals surface area contributed by atoms with E-state index in [1.165, 1.54) is 0 Å². The minimum absolute atomic E-state index is 0.0855. The third kappa shape index (κ3) is 3.95. The summed E-state index contributed by atoms with van der Waals surface area (Å²) in [5.74, 6) is -0.0266. The van der Waals surface area contributed by atoms with Crippen LogP contribution in [0, 0.1) is 18.3 Å². The summed E-state index contributed by atoms with van der Waals surface area (Å²) in [5, 5.41) is 19.6. The van der Waals surface area contributed by atoms with Crippen molar-refractivity contribution in [3.8, 4) is 5.75 Å². The molecule has 3 aromatic rings. The molecule has 1 aromatic heterocycles. The number of aliphatic hydroxyl groups is 1. The van der Waals surface area contributed by atoms with Crippen molar-refractivity contribution in [2.24, 2.45) is 11.3 Å². The van der Waals surface area contributed by atoms with Gasteiger partial charge in [0.25, 0.3) is 0 Å². The van der Waals surface area contributed by atoms with Gasteiger partial charge in [-0.15, -0.1) is 0 Å². The van der Waals surface area contributed by atoms with Gasteiger partial charge in [-0.3, -0.25) is 15.0 Å². The predicted molar refractivity (Wildman–Crippen MR) is 109 cm³/mol. The Labute approximate surface area is 169 Å².